The van der Waals surface area contributed by atoms with Crippen LogP contribution in [-0.4, -0.2) is 52.9 Å². The smallest absolute Gasteiger partial charge is 0.303 e. The van der Waals surface area contributed by atoms with Crippen LogP contribution in [0.3, 0.4) is 0 Å². The Kier molecular flexibility index (Phi) is 8.73. The Morgan fingerprint density at radius 2 is 1.94 bits per heavy atom. The molecule has 0 radical (unpaired) electrons. The Morgan fingerprint density at radius 1 is 1.22 bits per heavy atom. The third-order valence-corrected chi connectivity index (χ3v) is 5.98. The van der Waals surface area contributed by atoms with Crippen LogP contribution in [0.2, 0.25) is 0 Å². The van der Waals surface area contributed by atoms with Gasteiger partial charge in [0.15, 0.2) is 0 Å². The average molecular weight is 448 g/mol. The van der Waals surface area contributed by atoms with Crippen molar-refractivity contribution in [1.29, 1.82) is 0 Å². The van der Waals surface area contributed by atoms with Crippen LogP contribution in [0.1, 0.15) is 49.0 Å². The second-order valence-corrected chi connectivity index (χ2v) is 8.49. The van der Waals surface area contributed by atoms with Crippen LogP contribution >= 0.6 is 0 Å². The van der Waals surface area contributed by atoms with Crippen molar-refractivity contribution in [1.82, 2.24) is 4.90 Å². The molecule has 0 amide bonds. The number of carbonyl (C=O) groups is 1. The Balaban J connectivity index is 1.52. The second-order valence-electron chi connectivity index (χ2n) is 8.49. The maximum atomic E-state index is 13.5. The van der Waals surface area contributed by atoms with E-state index in [1.165, 1.54) is 12.1 Å². The van der Waals surface area contributed by atoms with Crippen LogP contribution in [-0.2, 0) is 22.4 Å². The van der Waals surface area contributed by atoms with Gasteiger partial charge in [0.25, 0.3) is 0 Å². The molecule has 0 saturated carbocycles. The molecule has 0 aliphatic carbocycles. The fourth-order valence-electron chi connectivity index (χ4n) is 4.44. The summed E-state index contributed by atoms with van der Waals surface area (Å²) in [5.41, 5.74) is 2.48. The first kappa shape index (κ1) is 24.3. The van der Waals surface area contributed by atoms with Crippen molar-refractivity contribution >= 4 is 5.97 Å². The van der Waals surface area contributed by atoms with Crippen LogP contribution in [0.25, 0.3) is 0 Å². The number of rotatable bonds is 11. The second kappa shape index (κ2) is 11.5. The maximum absolute atomic E-state index is 13.5. The summed E-state index contributed by atoms with van der Waals surface area (Å²) in [5, 5.41) is 19.5. The lowest BCUT2D eigenvalue weighted by molar-refractivity contribution is -0.136. The van der Waals surface area contributed by atoms with Gasteiger partial charge in [-0.1, -0.05) is 24.3 Å². The fraction of sp³-hybridized carbons (Fsp3) is 0.480. The monoisotopic (exact) mass is 447 g/mol. The average Bonchev–Trinajstić information content (AvgIpc) is 3.16. The van der Waals surface area contributed by atoms with Gasteiger partial charge in [-0.25, -0.2) is 8.78 Å². The van der Waals surface area contributed by atoms with E-state index in [4.69, 9.17) is 9.84 Å². The largest absolute Gasteiger partial charge is 0.481 e. The summed E-state index contributed by atoms with van der Waals surface area (Å²) in [7, 11) is 0. The van der Waals surface area contributed by atoms with Gasteiger partial charge in [0, 0.05) is 25.1 Å². The molecule has 1 aliphatic rings. The molecule has 32 heavy (non-hydrogen) atoms. The highest BCUT2D eigenvalue weighted by atomic mass is 19.1. The molecule has 0 unspecified atom stereocenters. The molecule has 0 spiro atoms. The van der Waals surface area contributed by atoms with Crippen molar-refractivity contribution < 1.29 is 28.5 Å². The summed E-state index contributed by atoms with van der Waals surface area (Å²) in [5.74, 6) is -1.99. The molecule has 0 bridgehead atoms. The number of aryl methyl sites for hydroxylation is 1. The van der Waals surface area contributed by atoms with Crippen molar-refractivity contribution in [3.63, 3.8) is 0 Å². The molecule has 2 aromatic carbocycles. The van der Waals surface area contributed by atoms with Crippen LogP contribution in [0.5, 0.6) is 0 Å². The molecule has 3 rings (SSSR count). The van der Waals surface area contributed by atoms with Crippen molar-refractivity contribution in [2.24, 2.45) is 0 Å². The molecule has 2 aromatic rings. The van der Waals surface area contributed by atoms with Crippen molar-refractivity contribution in [3.8, 4) is 0 Å². The Morgan fingerprint density at radius 3 is 2.66 bits per heavy atom. The van der Waals surface area contributed by atoms with Gasteiger partial charge in [0.1, 0.15) is 11.6 Å². The lowest BCUT2D eigenvalue weighted by atomic mass is 9.99. The Bertz CT molecular complexity index is 887. The van der Waals surface area contributed by atoms with Gasteiger partial charge in [-0.05, 0) is 68.0 Å². The molecule has 1 saturated heterocycles. The molecule has 7 heteroatoms. The minimum atomic E-state index is -0.843. The highest BCUT2D eigenvalue weighted by Crippen LogP contribution is 2.24. The summed E-state index contributed by atoms with van der Waals surface area (Å²) in [6.07, 6.45) is 1.93. The van der Waals surface area contributed by atoms with Crippen LogP contribution in [0.15, 0.2) is 42.5 Å². The van der Waals surface area contributed by atoms with Crippen molar-refractivity contribution in [2.75, 3.05) is 19.7 Å². The van der Waals surface area contributed by atoms with Gasteiger partial charge in [-0.15, -0.1) is 0 Å². The summed E-state index contributed by atoms with van der Waals surface area (Å²) in [6, 6.07) is 11.3. The number of hydrogen-bond acceptors (Lipinski definition) is 4. The lowest BCUT2D eigenvalue weighted by Crippen LogP contribution is -2.39. The van der Waals surface area contributed by atoms with Gasteiger partial charge in [-0.2, -0.15) is 0 Å². The normalized spacial score (nSPS) is 18.6. The molecular formula is C25H31F2NO4. The van der Waals surface area contributed by atoms with Crippen LogP contribution < -0.4 is 0 Å². The topological polar surface area (TPSA) is 70.0 Å². The zero-order valence-corrected chi connectivity index (χ0v) is 18.3. The van der Waals surface area contributed by atoms with E-state index < -0.39 is 23.7 Å². The lowest BCUT2D eigenvalue weighted by Gasteiger charge is -2.27. The summed E-state index contributed by atoms with van der Waals surface area (Å²) < 4.78 is 32.9. The summed E-state index contributed by atoms with van der Waals surface area (Å²) in [4.78, 5) is 13.1. The highest BCUT2D eigenvalue weighted by Gasteiger charge is 2.27. The first-order chi connectivity index (χ1) is 15.3. The van der Waals surface area contributed by atoms with E-state index >= 15 is 0 Å². The fourth-order valence-corrected chi connectivity index (χ4v) is 4.44. The van der Waals surface area contributed by atoms with E-state index in [0.717, 1.165) is 36.6 Å². The quantitative estimate of drug-likeness (QED) is 0.542. The first-order valence-electron chi connectivity index (χ1n) is 11.1. The maximum Gasteiger partial charge on any atom is 0.303 e. The first-order valence-corrected chi connectivity index (χ1v) is 11.1. The molecule has 1 aliphatic heterocycles. The van der Waals surface area contributed by atoms with E-state index in [2.05, 4.69) is 4.90 Å². The number of aliphatic hydroxyl groups is 1. The van der Waals surface area contributed by atoms with E-state index in [1.807, 2.05) is 31.2 Å². The molecule has 1 fully saturated rings. The zero-order valence-electron chi connectivity index (χ0n) is 18.3. The summed E-state index contributed by atoms with van der Waals surface area (Å²) in [6.45, 7) is 3.29. The minimum Gasteiger partial charge on any atom is -0.481 e. The number of carboxylic acid groups (broad SMARTS) is 1. The van der Waals surface area contributed by atoms with Gasteiger partial charge in [-0.3, -0.25) is 9.69 Å². The van der Waals surface area contributed by atoms with Gasteiger partial charge >= 0.3 is 5.97 Å². The standard InChI is InChI=1S/C25H31F2NO4/c1-17(24-7-3-2-5-19(24)8-9-25(30)31)32-16-23(29)15-28-10-4-6-22(28)13-18-11-20(26)14-21(27)12-18/h2-3,5,7,11-12,14,17,22-23,29H,4,6,8-10,13,15-16H2,1H3,(H,30,31)/t17-,22+,23-/m1/s1. The van der Waals surface area contributed by atoms with Crippen molar-refractivity contribution in [3.05, 3.63) is 70.8 Å². The van der Waals surface area contributed by atoms with E-state index in [9.17, 15) is 18.7 Å². The molecule has 174 valence electrons. The van der Waals surface area contributed by atoms with Gasteiger partial charge < -0.3 is 14.9 Å². The highest BCUT2D eigenvalue weighted by molar-refractivity contribution is 5.67. The Hall–Kier alpha value is -2.35. The number of hydrogen-bond donors (Lipinski definition) is 2. The molecule has 5 nitrogen and oxygen atoms in total. The van der Waals surface area contributed by atoms with Crippen LogP contribution in [0.4, 0.5) is 8.78 Å². The number of ether oxygens (including phenoxy) is 1. The van der Waals surface area contributed by atoms with E-state index in [-0.39, 0.29) is 25.2 Å². The number of nitrogens with zero attached hydrogens (tertiary/aromatic N) is 1. The van der Waals surface area contributed by atoms with E-state index in [0.29, 0.717) is 24.9 Å². The zero-order chi connectivity index (χ0) is 23.1. The Labute approximate surface area is 187 Å². The predicted molar refractivity (Wildman–Crippen MR) is 117 cm³/mol. The van der Waals surface area contributed by atoms with Gasteiger partial charge in [0.05, 0.1) is 18.8 Å². The third-order valence-electron chi connectivity index (χ3n) is 5.98. The number of aliphatic carboxylic acids is 1. The number of β-amino-alcohol motifs (C(OH)–C–C–N with tert-alkyl or cyclic N) is 1. The van der Waals surface area contributed by atoms with Crippen LogP contribution in [0, 0.1) is 11.6 Å². The SMILES string of the molecule is C[C@@H](OC[C@H](O)CN1CCC[C@H]1Cc1cc(F)cc(F)c1)c1ccccc1CCC(=O)O. The molecular weight excluding hydrogens is 416 g/mol. The van der Waals surface area contributed by atoms with Gasteiger partial charge in [0.2, 0.25) is 0 Å². The predicted octanol–water partition coefficient (Wildman–Crippen LogP) is 4.13. The number of benzene rings is 2. The molecule has 3 atom stereocenters. The van der Waals surface area contributed by atoms with E-state index in [1.54, 1.807) is 0 Å². The minimum absolute atomic E-state index is 0.0535. The number of likely N-dealkylation sites (tertiary alicyclic amines) is 1. The third kappa shape index (κ3) is 7.08. The number of halogens is 2. The molecule has 1 heterocycles. The number of carboxylic acids is 1. The molecule has 2 N–H and O–H groups in total. The summed E-state index contributed by atoms with van der Waals surface area (Å²) >= 11 is 0. The molecule has 0 aromatic heterocycles. The number of aliphatic hydroxyl groups excluding tert-OH is 1. The van der Waals surface area contributed by atoms with Crippen molar-refractivity contribution in [2.45, 2.75) is 57.3 Å².